The number of fused-ring (bicyclic) bond motifs is 1. The summed E-state index contributed by atoms with van der Waals surface area (Å²) in [6.45, 7) is 0.717. The molecular weight excluding hydrogens is 414 g/mol. The van der Waals surface area contributed by atoms with E-state index < -0.39 is 10.0 Å². The van der Waals surface area contributed by atoms with Gasteiger partial charge in [-0.2, -0.15) is 0 Å². The summed E-state index contributed by atoms with van der Waals surface area (Å²) in [5.41, 5.74) is 3.06. The quantitative estimate of drug-likeness (QED) is 0.413. The van der Waals surface area contributed by atoms with Crippen LogP contribution in [0.15, 0.2) is 83.8 Å². The molecule has 8 heteroatoms. The van der Waals surface area contributed by atoms with Crippen molar-refractivity contribution in [2.75, 3.05) is 0 Å². The van der Waals surface area contributed by atoms with E-state index in [0.29, 0.717) is 18.1 Å². The van der Waals surface area contributed by atoms with E-state index in [0.717, 1.165) is 22.0 Å². The lowest BCUT2D eigenvalue weighted by Crippen LogP contribution is -2.23. The maximum absolute atomic E-state index is 12.5. The highest BCUT2D eigenvalue weighted by Crippen LogP contribution is 2.22. The van der Waals surface area contributed by atoms with Crippen LogP contribution >= 0.6 is 0 Å². The lowest BCUT2D eigenvalue weighted by atomic mass is 10.2. The first-order valence-electron chi connectivity index (χ1n) is 9.58. The Balaban J connectivity index is 1.40. The molecule has 3 aromatic carbocycles. The number of primary sulfonamides is 1. The molecule has 0 aliphatic rings. The molecule has 0 radical (unpaired) electrons. The maximum atomic E-state index is 12.5. The minimum atomic E-state index is -3.73. The fourth-order valence-electron chi connectivity index (χ4n) is 3.13. The molecule has 0 aliphatic carbocycles. The SMILES string of the molecule is NS(=O)(=O)c1ccc(CNC(=O)c2cc3ccc(OCc4ccccc4)cc3[nH]2)cc1. The molecule has 0 aliphatic heterocycles. The molecule has 4 aromatic rings. The number of hydrogen-bond acceptors (Lipinski definition) is 4. The van der Waals surface area contributed by atoms with Crippen LogP contribution < -0.4 is 15.2 Å². The molecule has 1 amide bonds. The molecule has 4 N–H and O–H groups in total. The summed E-state index contributed by atoms with van der Waals surface area (Å²) in [6, 6.07) is 23.3. The summed E-state index contributed by atoms with van der Waals surface area (Å²) < 4.78 is 28.5. The van der Waals surface area contributed by atoms with Crippen LogP contribution in [-0.2, 0) is 23.2 Å². The average Bonchev–Trinajstić information content (AvgIpc) is 3.20. The van der Waals surface area contributed by atoms with Gasteiger partial charge in [-0.15, -0.1) is 0 Å². The van der Waals surface area contributed by atoms with Gasteiger partial charge >= 0.3 is 0 Å². The molecule has 0 saturated heterocycles. The molecule has 4 rings (SSSR count). The number of nitrogens with one attached hydrogen (secondary N) is 2. The van der Waals surface area contributed by atoms with Crippen molar-refractivity contribution < 1.29 is 17.9 Å². The van der Waals surface area contributed by atoms with E-state index in [4.69, 9.17) is 9.88 Å². The Kier molecular flexibility index (Phi) is 5.75. The number of benzene rings is 3. The summed E-state index contributed by atoms with van der Waals surface area (Å²) in [5.74, 6) is 0.443. The molecule has 31 heavy (non-hydrogen) atoms. The highest BCUT2D eigenvalue weighted by atomic mass is 32.2. The Bertz CT molecular complexity index is 1310. The van der Waals surface area contributed by atoms with E-state index in [1.54, 1.807) is 18.2 Å². The zero-order valence-corrected chi connectivity index (χ0v) is 17.4. The van der Waals surface area contributed by atoms with E-state index >= 15 is 0 Å². The first kappa shape index (κ1) is 20.6. The van der Waals surface area contributed by atoms with Gasteiger partial charge in [0.2, 0.25) is 10.0 Å². The van der Waals surface area contributed by atoms with E-state index in [1.807, 2.05) is 48.5 Å². The lowest BCUT2D eigenvalue weighted by molar-refractivity contribution is 0.0946. The number of aromatic nitrogens is 1. The van der Waals surface area contributed by atoms with Crippen molar-refractivity contribution in [1.82, 2.24) is 10.3 Å². The van der Waals surface area contributed by atoms with Crippen molar-refractivity contribution in [2.45, 2.75) is 18.0 Å². The third-order valence-corrected chi connectivity index (χ3v) is 5.72. The number of sulfonamides is 1. The summed E-state index contributed by atoms with van der Waals surface area (Å²) in [5, 5.41) is 8.80. The maximum Gasteiger partial charge on any atom is 0.267 e. The van der Waals surface area contributed by atoms with Crippen LogP contribution in [-0.4, -0.2) is 19.3 Å². The monoisotopic (exact) mass is 435 g/mol. The normalized spacial score (nSPS) is 11.4. The number of H-pyrrole nitrogens is 1. The van der Waals surface area contributed by atoms with Gasteiger partial charge in [-0.3, -0.25) is 4.79 Å². The third-order valence-electron chi connectivity index (χ3n) is 4.79. The summed E-state index contributed by atoms with van der Waals surface area (Å²) in [4.78, 5) is 15.7. The number of nitrogens with two attached hydrogens (primary N) is 1. The molecule has 1 heterocycles. The second-order valence-corrected chi connectivity index (χ2v) is 8.64. The van der Waals surface area contributed by atoms with Crippen molar-refractivity contribution in [3.8, 4) is 5.75 Å². The van der Waals surface area contributed by atoms with Crippen LogP contribution in [0.2, 0.25) is 0 Å². The Hall–Kier alpha value is -3.62. The van der Waals surface area contributed by atoms with Crippen molar-refractivity contribution >= 4 is 26.8 Å². The molecule has 0 atom stereocenters. The van der Waals surface area contributed by atoms with Crippen LogP contribution in [0.1, 0.15) is 21.6 Å². The van der Waals surface area contributed by atoms with Crippen LogP contribution in [0.3, 0.4) is 0 Å². The number of carbonyl (C=O) groups excluding carboxylic acids is 1. The largest absolute Gasteiger partial charge is 0.489 e. The van der Waals surface area contributed by atoms with E-state index in [1.165, 1.54) is 12.1 Å². The summed E-state index contributed by atoms with van der Waals surface area (Å²) in [7, 11) is -3.73. The van der Waals surface area contributed by atoms with E-state index in [9.17, 15) is 13.2 Å². The van der Waals surface area contributed by atoms with Crippen molar-refractivity contribution in [2.24, 2.45) is 5.14 Å². The number of carbonyl (C=O) groups is 1. The van der Waals surface area contributed by atoms with Gasteiger partial charge in [-0.05, 0) is 41.5 Å². The predicted octanol–water partition coefficient (Wildman–Crippen LogP) is 3.32. The minimum absolute atomic E-state index is 0.0310. The zero-order chi connectivity index (χ0) is 21.8. The first-order valence-corrected chi connectivity index (χ1v) is 11.1. The van der Waals surface area contributed by atoms with Crippen LogP contribution in [0.25, 0.3) is 10.9 Å². The average molecular weight is 436 g/mol. The van der Waals surface area contributed by atoms with Gasteiger partial charge in [0.25, 0.3) is 5.91 Å². The molecule has 0 unspecified atom stereocenters. The number of hydrogen-bond donors (Lipinski definition) is 3. The van der Waals surface area contributed by atoms with Gasteiger partial charge in [0.15, 0.2) is 0 Å². The molecule has 0 fully saturated rings. The van der Waals surface area contributed by atoms with Gasteiger partial charge in [0, 0.05) is 23.5 Å². The van der Waals surface area contributed by atoms with Gasteiger partial charge in [-0.25, -0.2) is 13.6 Å². The van der Waals surface area contributed by atoms with Gasteiger partial charge in [0.05, 0.1) is 4.90 Å². The van der Waals surface area contributed by atoms with E-state index in [2.05, 4.69) is 10.3 Å². The third kappa shape index (κ3) is 5.11. The minimum Gasteiger partial charge on any atom is -0.489 e. The summed E-state index contributed by atoms with van der Waals surface area (Å²) in [6.07, 6.45) is 0. The van der Waals surface area contributed by atoms with Crippen LogP contribution in [0.5, 0.6) is 5.75 Å². The highest BCUT2D eigenvalue weighted by molar-refractivity contribution is 7.89. The molecule has 0 spiro atoms. The van der Waals surface area contributed by atoms with Crippen molar-refractivity contribution in [3.63, 3.8) is 0 Å². The van der Waals surface area contributed by atoms with Gasteiger partial charge in [0.1, 0.15) is 18.1 Å². The standard InChI is InChI=1S/C23H21N3O4S/c24-31(28,29)20-10-6-16(7-11-20)14-25-23(27)22-12-18-8-9-19(13-21(18)26-22)30-15-17-4-2-1-3-5-17/h1-13,26H,14-15H2,(H,25,27)(H2,24,28,29). The highest BCUT2D eigenvalue weighted by Gasteiger charge is 2.11. The number of rotatable bonds is 7. The Morgan fingerprint density at radius 3 is 2.39 bits per heavy atom. The fraction of sp³-hybridized carbons (Fsp3) is 0.0870. The Morgan fingerprint density at radius 1 is 0.935 bits per heavy atom. The van der Waals surface area contributed by atoms with Gasteiger partial charge < -0.3 is 15.0 Å². The molecule has 158 valence electrons. The van der Waals surface area contributed by atoms with Crippen LogP contribution in [0.4, 0.5) is 0 Å². The van der Waals surface area contributed by atoms with E-state index in [-0.39, 0.29) is 17.3 Å². The predicted molar refractivity (Wildman–Crippen MR) is 118 cm³/mol. The molecule has 0 saturated carbocycles. The lowest BCUT2D eigenvalue weighted by Gasteiger charge is -2.06. The van der Waals surface area contributed by atoms with Crippen LogP contribution in [0, 0.1) is 0 Å². The van der Waals surface area contributed by atoms with Crippen molar-refractivity contribution in [3.05, 3.63) is 95.7 Å². The molecule has 0 bridgehead atoms. The van der Waals surface area contributed by atoms with Crippen molar-refractivity contribution in [1.29, 1.82) is 0 Å². The fourth-order valence-corrected chi connectivity index (χ4v) is 3.65. The Labute approximate surface area is 179 Å². The topological polar surface area (TPSA) is 114 Å². The molecular formula is C23H21N3O4S. The number of amides is 1. The van der Waals surface area contributed by atoms with Gasteiger partial charge in [-0.1, -0.05) is 42.5 Å². The number of aromatic amines is 1. The molecule has 7 nitrogen and oxygen atoms in total. The molecule has 1 aromatic heterocycles. The summed E-state index contributed by atoms with van der Waals surface area (Å²) >= 11 is 0. The second-order valence-electron chi connectivity index (χ2n) is 7.08. The second kappa shape index (κ2) is 8.63. The number of ether oxygens (including phenoxy) is 1. The zero-order valence-electron chi connectivity index (χ0n) is 16.5. The first-order chi connectivity index (χ1) is 14.9. The Morgan fingerprint density at radius 2 is 1.68 bits per heavy atom. The smallest absolute Gasteiger partial charge is 0.267 e.